The third-order valence-corrected chi connectivity index (χ3v) is 9.41. The molecule has 3 aliphatic heterocycles. The highest BCUT2D eigenvalue weighted by molar-refractivity contribution is 6.07. The minimum absolute atomic E-state index is 0.0583. The van der Waals surface area contributed by atoms with Crippen molar-refractivity contribution in [3.63, 3.8) is 0 Å². The van der Waals surface area contributed by atoms with Crippen LogP contribution in [-0.4, -0.2) is 84.0 Å². The summed E-state index contributed by atoms with van der Waals surface area (Å²) in [6.07, 6.45) is -3.79. The molecule has 49 heavy (non-hydrogen) atoms. The Hall–Kier alpha value is -4.81. The van der Waals surface area contributed by atoms with Crippen molar-refractivity contribution in [1.82, 2.24) is 20.0 Å². The van der Waals surface area contributed by atoms with E-state index >= 15 is 0 Å². The number of nitriles is 1. The van der Waals surface area contributed by atoms with Gasteiger partial charge in [0.2, 0.25) is 0 Å². The van der Waals surface area contributed by atoms with Crippen LogP contribution in [0.3, 0.4) is 0 Å². The highest BCUT2D eigenvalue weighted by Crippen LogP contribution is 2.45. The molecule has 2 saturated heterocycles. The van der Waals surface area contributed by atoms with Crippen LogP contribution in [0.1, 0.15) is 75.7 Å². The Balaban J connectivity index is 1.54. The van der Waals surface area contributed by atoms with E-state index in [0.717, 1.165) is 12.1 Å². The van der Waals surface area contributed by atoms with E-state index in [2.05, 4.69) is 11.4 Å². The average Bonchev–Trinajstić information content (AvgIpc) is 3.71. The smallest absolute Gasteiger partial charge is 0.381 e. The van der Waals surface area contributed by atoms with Crippen LogP contribution in [-0.2, 0) is 20.4 Å². The standard InChI is InChI=1S/C34H34F4N6O5/c1-3-42-31-27(29(41-44(31)23-12-15-49-16-13-23)33(47)43-14-11-25(48-2)24(43)18-39)26(19-7-9-22(35)10-8-19)28(32(42)46)40-30(45)20-5-4-6-21(17-20)34(36,37)38/h4-10,17,23-26,28H,3,11-16H2,1-2H3,(H,40,45)/t24-,25+,26+,28+/m1/s1. The molecule has 2 aromatic carbocycles. The molecule has 1 aromatic heterocycles. The number of alkyl halides is 3. The molecule has 0 bridgehead atoms. The van der Waals surface area contributed by atoms with Gasteiger partial charge in [-0.25, -0.2) is 9.07 Å². The maximum absolute atomic E-state index is 14.5. The van der Waals surface area contributed by atoms with Crippen molar-refractivity contribution in [2.45, 2.75) is 62.5 Å². The first-order valence-corrected chi connectivity index (χ1v) is 16.0. The van der Waals surface area contributed by atoms with Crippen LogP contribution in [0, 0.1) is 17.1 Å². The van der Waals surface area contributed by atoms with Crippen molar-refractivity contribution < 1.29 is 41.4 Å². The number of rotatable bonds is 7. The molecule has 1 N–H and O–H groups in total. The van der Waals surface area contributed by atoms with Gasteiger partial charge in [0.15, 0.2) is 5.69 Å². The second kappa shape index (κ2) is 13.6. The fraction of sp³-hybridized carbons (Fsp3) is 0.441. The Labute approximate surface area is 279 Å². The van der Waals surface area contributed by atoms with Crippen molar-refractivity contribution in [1.29, 1.82) is 5.26 Å². The van der Waals surface area contributed by atoms with Gasteiger partial charge in [-0.3, -0.25) is 19.3 Å². The number of halogens is 4. The number of anilines is 1. The highest BCUT2D eigenvalue weighted by Gasteiger charge is 2.49. The quantitative estimate of drug-likeness (QED) is 0.365. The SMILES string of the molecule is CCN1C(=O)[C@@H](NC(=O)c2cccc(C(F)(F)F)c2)[C@@H](c2ccc(F)cc2)c2c(C(=O)N3CC[C@H](OC)[C@H]3C#N)nn(C3CCOCC3)c21. The van der Waals surface area contributed by atoms with Gasteiger partial charge in [0.05, 0.1) is 23.8 Å². The predicted octanol–water partition coefficient (Wildman–Crippen LogP) is 4.44. The molecule has 3 amide bonds. The molecule has 4 atom stereocenters. The Kier molecular flexibility index (Phi) is 9.45. The van der Waals surface area contributed by atoms with Crippen molar-refractivity contribution in [3.05, 3.63) is 82.3 Å². The monoisotopic (exact) mass is 682 g/mol. The molecule has 2 fully saturated rings. The number of likely N-dealkylation sites (tertiary alicyclic amines) is 1. The van der Waals surface area contributed by atoms with E-state index < -0.39 is 59.4 Å². The zero-order valence-electron chi connectivity index (χ0n) is 26.7. The predicted molar refractivity (Wildman–Crippen MR) is 166 cm³/mol. The number of nitrogens with one attached hydrogen (secondary N) is 1. The number of hydrogen-bond donors (Lipinski definition) is 1. The molecule has 15 heteroatoms. The van der Waals surface area contributed by atoms with Crippen molar-refractivity contribution >= 4 is 23.5 Å². The van der Waals surface area contributed by atoms with E-state index in [1.54, 1.807) is 11.6 Å². The van der Waals surface area contributed by atoms with E-state index in [0.29, 0.717) is 49.9 Å². The minimum Gasteiger partial charge on any atom is -0.381 e. The number of fused-ring (bicyclic) bond motifs is 1. The molecule has 0 aliphatic carbocycles. The van der Waals surface area contributed by atoms with Gasteiger partial charge in [-0.1, -0.05) is 18.2 Å². The van der Waals surface area contributed by atoms with Gasteiger partial charge in [-0.15, -0.1) is 0 Å². The summed E-state index contributed by atoms with van der Waals surface area (Å²) in [6.45, 7) is 2.83. The normalized spacial score (nSPS) is 22.9. The van der Waals surface area contributed by atoms with E-state index in [9.17, 15) is 37.2 Å². The number of carbonyl (C=O) groups is 3. The number of amides is 3. The number of nitrogens with zero attached hydrogens (tertiary/aromatic N) is 5. The van der Waals surface area contributed by atoms with E-state index in [1.165, 1.54) is 47.2 Å². The van der Waals surface area contributed by atoms with Gasteiger partial charge in [0.25, 0.3) is 17.7 Å². The third kappa shape index (κ3) is 6.26. The number of hydrogen-bond acceptors (Lipinski definition) is 7. The summed E-state index contributed by atoms with van der Waals surface area (Å²) in [5, 5.41) is 17.5. The zero-order valence-corrected chi connectivity index (χ0v) is 26.7. The molecule has 0 unspecified atom stereocenters. The van der Waals surface area contributed by atoms with E-state index in [-0.39, 0.29) is 36.0 Å². The van der Waals surface area contributed by atoms with E-state index in [4.69, 9.17) is 14.6 Å². The molecule has 3 aliphatic rings. The summed E-state index contributed by atoms with van der Waals surface area (Å²) < 4.78 is 67.5. The average molecular weight is 683 g/mol. The number of ether oxygens (including phenoxy) is 2. The third-order valence-electron chi connectivity index (χ3n) is 9.41. The van der Waals surface area contributed by atoms with E-state index in [1.807, 2.05) is 0 Å². The summed E-state index contributed by atoms with van der Waals surface area (Å²) in [5.74, 6) is -3.50. The van der Waals surface area contributed by atoms with Crippen molar-refractivity contribution in [2.75, 3.05) is 38.3 Å². The zero-order chi connectivity index (χ0) is 35.0. The number of aromatic nitrogens is 2. The van der Waals surface area contributed by atoms with Crippen LogP contribution >= 0.6 is 0 Å². The molecule has 11 nitrogen and oxygen atoms in total. The second-order valence-electron chi connectivity index (χ2n) is 12.2. The maximum atomic E-state index is 14.5. The summed E-state index contributed by atoms with van der Waals surface area (Å²) in [4.78, 5) is 45.4. The first kappa shape index (κ1) is 34.1. The Morgan fingerprint density at radius 3 is 2.47 bits per heavy atom. The van der Waals surface area contributed by atoms with Gasteiger partial charge >= 0.3 is 6.18 Å². The lowest BCUT2D eigenvalue weighted by molar-refractivity contribution is -0.137. The first-order valence-electron chi connectivity index (χ1n) is 16.0. The fourth-order valence-corrected chi connectivity index (χ4v) is 6.99. The first-order chi connectivity index (χ1) is 23.5. The summed E-state index contributed by atoms with van der Waals surface area (Å²) >= 11 is 0. The Morgan fingerprint density at radius 2 is 1.84 bits per heavy atom. The molecule has 258 valence electrons. The number of likely N-dealkylation sites (N-methyl/N-ethyl adjacent to an activating group) is 1. The maximum Gasteiger partial charge on any atom is 0.416 e. The summed E-state index contributed by atoms with van der Waals surface area (Å²) in [6, 6.07) is 8.55. The lowest BCUT2D eigenvalue weighted by atomic mass is 9.80. The van der Waals surface area contributed by atoms with Gasteiger partial charge in [0.1, 0.15) is 23.7 Å². The van der Waals surface area contributed by atoms with Crippen molar-refractivity contribution in [3.8, 4) is 6.07 Å². The van der Waals surface area contributed by atoms with Crippen LogP contribution in [0.4, 0.5) is 23.4 Å². The number of benzene rings is 2. The lowest BCUT2D eigenvalue weighted by Crippen LogP contribution is -2.56. The second-order valence-corrected chi connectivity index (χ2v) is 12.2. The van der Waals surface area contributed by atoms with Crippen LogP contribution in [0.2, 0.25) is 0 Å². The van der Waals surface area contributed by atoms with Crippen LogP contribution in [0.25, 0.3) is 0 Å². The summed E-state index contributed by atoms with van der Waals surface area (Å²) in [5.41, 5.74) is -0.799. The van der Waals surface area contributed by atoms with Crippen LogP contribution in [0.15, 0.2) is 48.5 Å². The van der Waals surface area contributed by atoms with Crippen LogP contribution < -0.4 is 10.2 Å². The van der Waals surface area contributed by atoms with Crippen molar-refractivity contribution in [2.24, 2.45) is 0 Å². The molecule has 0 spiro atoms. The molecule has 4 heterocycles. The Bertz CT molecular complexity index is 1780. The fourth-order valence-electron chi connectivity index (χ4n) is 6.99. The molecule has 6 rings (SSSR count). The molecule has 0 saturated carbocycles. The van der Waals surface area contributed by atoms with Gasteiger partial charge in [-0.05, 0) is 62.1 Å². The lowest BCUT2D eigenvalue weighted by Gasteiger charge is -2.39. The molecular weight excluding hydrogens is 648 g/mol. The van der Waals surface area contributed by atoms with Gasteiger partial charge in [-0.2, -0.15) is 23.5 Å². The van der Waals surface area contributed by atoms with Gasteiger partial charge in [0, 0.05) is 50.5 Å². The molecular formula is C34H34F4N6O5. The van der Waals surface area contributed by atoms with Gasteiger partial charge < -0.3 is 19.7 Å². The molecule has 0 radical (unpaired) electrons. The van der Waals surface area contributed by atoms with Crippen LogP contribution in [0.5, 0.6) is 0 Å². The largest absolute Gasteiger partial charge is 0.416 e. The number of carbonyl (C=O) groups excluding carboxylic acids is 3. The highest BCUT2D eigenvalue weighted by atomic mass is 19.4. The minimum atomic E-state index is -4.71. The summed E-state index contributed by atoms with van der Waals surface area (Å²) in [7, 11) is 1.46. The Morgan fingerprint density at radius 1 is 1.12 bits per heavy atom. The topological polar surface area (TPSA) is 130 Å². The molecule has 3 aromatic rings. The number of methoxy groups -OCH3 is 1.